The molecule has 0 spiro atoms. The molecule has 0 radical (unpaired) electrons. The first-order chi connectivity index (χ1) is 9.95. The molecule has 110 valence electrons. The number of carboxylic acids is 1. The number of thioether (sulfide) groups is 1. The second-order valence-corrected chi connectivity index (χ2v) is 5.48. The van der Waals surface area contributed by atoms with Gasteiger partial charge in [0.05, 0.1) is 12.1 Å². The maximum absolute atomic E-state index is 12.8. The number of hydrogen-bond donors (Lipinski definition) is 2. The minimum Gasteiger partial charge on any atom is -0.481 e. The first-order valence-corrected chi connectivity index (χ1v) is 6.91. The summed E-state index contributed by atoms with van der Waals surface area (Å²) in [6.07, 6.45) is -0.268. The summed E-state index contributed by atoms with van der Waals surface area (Å²) in [5, 5.41) is 18.5. The number of rotatable bonds is 4. The molecule has 0 aliphatic carbocycles. The number of nitrogens with one attached hydrogen (secondary N) is 1. The van der Waals surface area contributed by atoms with Crippen LogP contribution in [0.15, 0.2) is 34.5 Å². The molecular weight excluding hydrogens is 297 g/mol. The maximum atomic E-state index is 12.8. The van der Waals surface area contributed by atoms with Gasteiger partial charge in [0.25, 0.3) is 0 Å². The Kier molecular flexibility index (Phi) is 4.69. The third-order valence-corrected chi connectivity index (χ3v) is 3.76. The van der Waals surface area contributed by atoms with E-state index < -0.39 is 17.1 Å². The Morgan fingerprint density at radius 2 is 2.10 bits per heavy atom. The van der Waals surface area contributed by atoms with E-state index in [0.29, 0.717) is 11.3 Å². The van der Waals surface area contributed by atoms with Crippen LogP contribution in [0.4, 0.5) is 4.39 Å². The molecule has 2 N–H and O–H groups in total. The quantitative estimate of drug-likeness (QED) is 0.653. The zero-order chi connectivity index (χ0) is 15.4. The molecule has 8 heteroatoms. The lowest BCUT2D eigenvalue weighted by molar-refractivity contribution is -0.138. The van der Waals surface area contributed by atoms with Gasteiger partial charge in [-0.25, -0.2) is 4.39 Å². The van der Waals surface area contributed by atoms with Crippen LogP contribution in [-0.4, -0.2) is 33.1 Å². The van der Waals surface area contributed by atoms with Gasteiger partial charge in [0.15, 0.2) is 5.17 Å². The van der Waals surface area contributed by atoms with Gasteiger partial charge in [-0.1, -0.05) is 23.9 Å². The Labute approximate surface area is 124 Å². The van der Waals surface area contributed by atoms with Crippen LogP contribution in [0, 0.1) is 5.82 Å². The van der Waals surface area contributed by atoms with Crippen molar-refractivity contribution in [3.8, 4) is 0 Å². The fourth-order valence-corrected chi connectivity index (χ4v) is 2.52. The van der Waals surface area contributed by atoms with Crippen LogP contribution in [0.25, 0.3) is 0 Å². The second kappa shape index (κ2) is 6.49. The van der Waals surface area contributed by atoms with Crippen molar-refractivity contribution in [2.45, 2.75) is 18.6 Å². The first-order valence-electron chi connectivity index (χ1n) is 6.03. The van der Waals surface area contributed by atoms with Gasteiger partial charge in [-0.05, 0) is 24.6 Å². The second-order valence-electron chi connectivity index (χ2n) is 4.29. The number of carbonyl (C=O) groups excluding carboxylic acids is 1. The van der Waals surface area contributed by atoms with E-state index in [2.05, 4.69) is 15.5 Å². The predicted molar refractivity (Wildman–Crippen MR) is 77.8 cm³/mol. The third-order valence-electron chi connectivity index (χ3n) is 2.69. The molecule has 1 fully saturated rings. The number of carbonyl (C=O) groups is 2. The summed E-state index contributed by atoms with van der Waals surface area (Å²) in [6, 6.07) is 5.77. The summed E-state index contributed by atoms with van der Waals surface area (Å²) in [7, 11) is 0. The number of aliphatic carboxylic acids is 1. The van der Waals surface area contributed by atoms with Crippen LogP contribution in [0.2, 0.25) is 0 Å². The highest BCUT2D eigenvalue weighted by atomic mass is 32.2. The summed E-state index contributed by atoms with van der Waals surface area (Å²) in [4.78, 5) is 22.1. The van der Waals surface area contributed by atoms with Crippen molar-refractivity contribution >= 4 is 34.5 Å². The van der Waals surface area contributed by atoms with Crippen molar-refractivity contribution in [1.29, 1.82) is 0 Å². The highest BCUT2D eigenvalue weighted by Gasteiger charge is 2.32. The third kappa shape index (κ3) is 4.12. The molecule has 1 saturated heterocycles. The van der Waals surface area contributed by atoms with Crippen molar-refractivity contribution in [1.82, 2.24) is 5.32 Å². The molecule has 1 atom stereocenters. The molecule has 1 aliphatic heterocycles. The molecule has 0 bridgehead atoms. The fourth-order valence-electron chi connectivity index (χ4n) is 1.61. The lowest BCUT2D eigenvalue weighted by atomic mass is 10.1. The largest absolute Gasteiger partial charge is 0.481 e. The van der Waals surface area contributed by atoms with Gasteiger partial charge in [-0.3, -0.25) is 9.59 Å². The monoisotopic (exact) mass is 309 g/mol. The number of halogens is 1. The molecule has 1 amide bonds. The van der Waals surface area contributed by atoms with Crippen molar-refractivity contribution in [2.24, 2.45) is 10.2 Å². The minimum absolute atomic E-state index is 0.257. The maximum Gasteiger partial charge on any atom is 0.305 e. The lowest BCUT2D eigenvalue weighted by Crippen LogP contribution is -2.26. The molecule has 21 heavy (non-hydrogen) atoms. The van der Waals surface area contributed by atoms with E-state index in [9.17, 15) is 14.0 Å². The molecule has 0 aromatic heterocycles. The van der Waals surface area contributed by atoms with Crippen LogP contribution < -0.4 is 5.32 Å². The van der Waals surface area contributed by atoms with Crippen molar-refractivity contribution < 1.29 is 19.1 Å². The van der Waals surface area contributed by atoms with Gasteiger partial charge in [-0.2, -0.15) is 5.10 Å². The van der Waals surface area contributed by atoms with E-state index >= 15 is 0 Å². The van der Waals surface area contributed by atoms with E-state index in [-0.39, 0.29) is 17.4 Å². The number of amides is 1. The van der Waals surface area contributed by atoms with Crippen LogP contribution in [-0.2, 0) is 9.59 Å². The Hall–Kier alpha value is -2.22. The topological polar surface area (TPSA) is 91.1 Å². The van der Waals surface area contributed by atoms with Crippen LogP contribution in [0.1, 0.15) is 18.9 Å². The Morgan fingerprint density at radius 3 is 2.71 bits per heavy atom. The van der Waals surface area contributed by atoms with Crippen LogP contribution in [0.5, 0.6) is 0 Å². The van der Waals surface area contributed by atoms with E-state index in [1.807, 2.05) is 0 Å². The van der Waals surface area contributed by atoms with Crippen molar-refractivity contribution in [3.63, 3.8) is 0 Å². The molecule has 1 aromatic rings. The Morgan fingerprint density at radius 1 is 1.43 bits per heavy atom. The summed E-state index contributed by atoms with van der Waals surface area (Å²) < 4.78 is 12.8. The van der Waals surface area contributed by atoms with Gasteiger partial charge in [0.2, 0.25) is 5.91 Å². The molecule has 2 rings (SSSR count). The first kappa shape index (κ1) is 15.2. The van der Waals surface area contributed by atoms with Crippen LogP contribution >= 0.6 is 11.8 Å². The van der Waals surface area contributed by atoms with Gasteiger partial charge >= 0.3 is 5.97 Å². The van der Waals surface area contributed by atoms with E-state index in [0.717, 1.165) is 11.8 Å². The van der Waals surface area contributed by atoms with Crippen LogP contribution in [0.3, 0.4) is 0 Å². The minimum atomic E-state index is -1.05. The van der Waals surface area contributed by atoms with Crippen molar-refractivity contribution in [2.75, 3.05) is 0 Å². The SMILES string of the molecule is CC(=N/N=C1/NC(=O)[C@@H](CC(=O)O)S1)c1ccc(F)cc1. The van der Waals surface area contributed by atoms with Gasteiger partial charge in [0.1, 0.15) is 11.1 Å². The number of hydrogen-bond acceptors (Lipinski definition) is 5. The van der Waals surface area contributed by atoms with Crippen molar-refractivity contribution in [3.05, 3.63) is 35.6 Å². The molecule has 6 nitrogen and oxygen atoms in total. The standard InChI is InChI=1S/C13H12FN3O3S/c1-7(8-2-4-9(14)5-3-8)16-17-13-15-12(20)10(21-13)6-11(18)19/h2-5,10H,6H2,1H3,(H,18,19)(H,15,17,20)/t10-/m1/s1. The summed E-state index contributed by atoms with van der Waals surface area (Å²) in [5.74, 6) is -1.78. The zero-order valence-electron chi connectivity index (χ0n) is 11.0. The van der Waals surface area contributed by atoms with Gasteiger partial charge < -0.3 is 10.4 Å². The fraction of sp³-hybridized carbons (Fsp3) is 0.231. The molecule has 1 heterocycles. The normalized spacial score (nSPS) is 20.7. The number of amidine groups is 1. The predicted octanol–water partition coefficient (Wildman–Crippen LogP) is 1.61. The number of benzene rings is 1. The Balaban J connectivity index is 2.07. The molecule has 1 aromatic carbocycles. The lowest BCUT2D eigenvalue weighted by Gasteiger charge is -1.99. The van der Waals surface area contributed by atoms with E-state index in [4.69, 9.17) is 5.11 Å². The molecule has 0 unspecified atom stereocenters. The number of carboxylic acid groups (broad SMARTS) is 1. The average Bonchev–Trinajstić information content (AvgIpc) is 2.77. The summed E-state index contributed by atoms with van der Waals surface area (Å²) in [5.41, 5.74) is 1.26. The van der Waals surface area contributed by atoms with Gasteiger partial charge in [-0.15, -0.1) is 5.10 Å². The summed E-state index contributed by atoms with van der Waals surface area (Å²) in [6.45, 7) is 1.70. The highest BCUT2D eigenvalue weighted by molar-refractivity contribution is 8.15. The highest BCUT2D eigenvalue weighted by Crippen LogP contribution is 2.22. The van der Waals surface area contributed by atoms with E-state index in [1.165, 1.54) is 12.1 Å². The average molecular weight is 309 g/mol. The smallest absolute Gasteiger partial charge is 0.305 e. The Bertz CT molecular complexity index is 628. The van der Waals surface area contributed by atoms with E-state index in [1.54, 1.807) is 19.1 Å². The van der Waals surface area contributed by atoms with Gasteiger partial charge in [0, 0.05) is 0 Å². The molecule has 0 saturated carbocycles. The zero-order valence-corrected chi connectivity index (χ0v) is 11.9. The number of nitrogens with zero attached hydrogens (tertiary/aromatic N) is 2. The molecule has 1 aliphatic rings. The summed E-state index contributed by atoms with van der Waals surface area (Å²) >= 11 is 1.03. The molecular formula is C13H12FN3O3S.